The zero-order chi connectivity index (χ0) is 21.0. The number of benzene rings is 2. The highest BCUT2D eigenvalue weighted by molar-refractivity contribution is 7.07. The lowest BCUT2D eigenvalue weighted by atomic mass is 10.2. The molecule has 1 heterocycles. The molecular weight excluding hydrogens is 398 g/mol. The van der Waals surface area contributed by atoms with Crippen LogP contribution in [-0.2, 0) is 11.3 Å². The number of anilines is 1. The molecule has 1 aromatic heterocycles. The Labute approximate surface area is 168 Å². The number of nitro groups is 1. The minimum absolute atomic E-state index is 0.145. The van der Waals surface area contributed by atoms with E-state index in [1.807, 2.05) is 0 Å². The zero-order valence-corrected chi connectivity index (χ0v) is 16.0. The molecule has 0 fully saturated rings. The molecule has 9 nitrogen and oxygen atoms in total. The third-order valence-corrected chi connectivity index (χ3v) is 4.81. The second-order valence-corrected chi connectivity index (χ2v) is 6.81. The summed E-state index contributed by atoms with van der Waals surface area (Å²) in [6, 6.07) is 11.4. The Bertz CT molecular complexity index is 1130. The summed E-state index contributed by atoms with van der Waals surface area (Å²) in [7, 11) is 0. The van der Waals surface area contributed by atoms with Crippen LogP contribution < -0.4 is 14.9 Å². The number of aromatic nitrogens is 1. The van der Waals surface area contributed by atoms with Crippen LogP contribution in [0.1, 0.15) is 16.1 Å². The van der Waals surface area contributed by atoms with Gasteiger partial charge in [0.05, 0.1) is 4.92 Å². The lowest BCUT2D eigenvalue weighted by Crippen LogP contribution is -2.23. The number of ether oxygens (including phenoxy) is 1. The molecule has 0 saturated heterocycles. The van der Waals surface area contributed by atoms with Crippen LogP contribution >= 0.6 is 11.3 Å². The maximum absolute atomic E-state index is 12.2. The van der Waals surface area contributed by atoms with Crippen LogP contribution in [0.25, 0.3) is 0 Å². The van der Waals surface area contributed by atoms with Crippen molar-refractivity contribution in [3.63, 3.8) is 0 Å². The van der Waals surface area contributed by atoms with Gasteiger partial charge < -0.3 is 10.1 Å². The molecular formula is C19H15N3O6S. The quantitative estimate of drug-likeness (QED) is 0.287. The molecule has 0 radical (unpaired) electrons. The molecule has 0 unspecified atom stereocenters. The Hall–Kier alpha value is -3.79. The second kappa shape index (κ2) is 8.48. The predicted molar refractivity (Wildman–Crippen MR) is 106 cm³/mol. The monoisotopic (exact) mass is 413 g/mol. The van der Waals surface area contributed by atoms with Gasteiger partial charge in [0, 0.05) is 34.5 Å². The number of nitro benzene ring substituents is 1. The average Bonchev–Trinajstić information content (AvgIpc) is 3.01. The van der Waals surface area contributed by atoms with Crippen LogP contribution in [0.15, 0.2) is 58.7 Å². The van der Waals surface area contributed by atoms with Crippen molar-refractivity contribution < 1.29 is 19.2 Å². The van der Waals surface area contributed by atoms with E-state index >= 15 is 0 Å². The Morgan fingerprint density at radius 3 is 2.55 bits per heavy atom. The number of nitrogens with one attached hydrogen (secondary N) is 1. The molecule has 1 N–H and O–H groups in total. The number of carbonyl (C=O) groups is 2. The topological polar surface area (TPSA) is 121 Å². The molecule has 0 aliphatic carbocycles. The van der Waals surface area contributed by atoms with E-state index in [0.717, 1.165) is 11.3 Å². The molecule has 0 aliphatic rings. The van der Waals surface area contributed by atoms with Crippen molar-refractivity contribution in [1.82, 2.24) is 4.57 Å². The highest BCUT2D eigenvalue weighted by Crippen LogP contribution is 2.18. The summed E-state index contributed by atoms with van der Waals surface area (Å²) in [5.74, 6) is -0.850. The van der Waals surface area contributed by atoms with Gasteiger partial charge in [-0.25, -0.2) is 4.79 Å². The standard InChI is InChI=1S/C19H15N3O6S/c1-12-11-29-19(25)21(12)10-17(23)28-16-7-5-14(6-8-16)20-18(24)13-3-2-4-15(9-13)22(26)27/h2-9,11H,10H2,1H3,(H,20,24). The van der Waals surface area contributed by atoms with Crippen LogP contribution in [0, 0.1) is 17.0 Å². The fourth-order valence-electron chi connectivity index (χ4n) is 2.46. The van der Waals surface area contributed by atoms with E-state index in [2.05, 4.69) is 5.32 Å². The number of amides is 1. The summed E-state index contributed by atoms with van der Waals surface area (Å²) in [4.78, 5) is 45.9. The number of thiazole rings is 1. The Balaban J connectivity index is 1.62. The van der Waals surface area contributed by atoms with E-state index < -0.39 is 16.8 Å². The smallest absolute Gasteiger partial charge is 0.331 e. The third kappa shape index (κ3) is 4.93. The van der Waals surface area contributed by atoms with Crippen LogP contribution in [0.3, 0.4) is 0 Å². The maximum Gasteiger partial charge on any atom is 0.331 e. The van der Waals surface area contributed by atoms with E-state index in [0.29, 0.717) is 11.4 Å². The molecule has 1 amide bonds. The average molecular weight is 413 g/mol. The number of aryl methyl sites for hydroxylation is 1. The number of hydrogen-bond donors (Lipinski definition) is 1. The van der Waals surface area contributed by atoms with Gasteiger partial charge in [-0.2, -0.15) is 0 Å². The van der Waals surface area contributed by atoms with Gasteiger partial charge in [0.15, 0.2) is 0 Å². The van der Waals surface area contributed by atoms with Crippen molar-refractivity contribution in [3.8, 4) is 5.75 Å². The lowest BCUT2D eigenvalue weighted by molar-refractivity contribution is -0.384. The number of hydrogen-bond acceptors (Lipinski definition) is 7. The van der Waals surface area contributed by atoms with Gasteiger partial charge >= 0.3 is 10.8 Å². The van der Waals surface area contributed by atoms with Crippen molar-refractivity contribution in [2.75, 3.05) is 5.32 Å². The molecule has 10 heteroatoms. The normalized spacial score (nSPS) is 10.4. The van der Waals surface area contributed by atoms with Crippen LogP contribution in [0.4, 0.5) is 11.4 Å². The van der Waals surface area contributed by atoms with Crippen molar-refractivity contribution >= 4 is 34.6 Å². The van der Waals surface area contributed by atoms with Gasteiger partial charge in [0.1, 0.15) is 12.3 Å². The molecule has 2 aromatic carbocycles. The van der Waals surface area contributed by atoms with Crippen molar-refractivity contribution in [3.05, 3.63) is 85.0 Å². The van der Waals surface area contributed by atoms with Gasteiger partial charge in [-0.3, -0.25) is 24.3 Å². The minimum atomic E-state index is -0.595. The van der Waals surface area contributed by atoms with E-state index in [4.69, 9.17) is 4.74 Å². The molecule has 3 rings (SSSR count). The van der Waals surface area contributed by atoms with Gasteiger partial charge in [-0.05, 0) is 37.3 Å². The number of esters is 1. The molecule has 0 atom stereocenters. The Kier molecular flexibility index (Phi) is 5.84. The third-order valence-electron chi connectivity index (χ3n) is 3.93. The molecule has 0 saturated carbocycles. The summed E-state index contributed by atoms with van der Waals surface area (Å²) in [6.07, 6.45) is 0. The second-order valence-electron chi connectivity index (χ2n) is 5.99. The zero-order valence-electron chi connectivity index (χ0n) is 15.2. The summed E-state index contributed by atoms with van der Waals surface area (Å²) < 4.78 is 6.52. The highest BCUT2D eigenvalue weighted by Gasteiger charge is 2.13. The van der Waals surface area contributed by atoms with Crippen molar-refractivity contribution in [2.24, 2.45) is 0 Å². The Morgan fingerprint density at radius 2 is 1.93 bits per heavy atom. The number of nitrogens with zero attached hydrogens (tertiary/aromatic N) is 2. The Morgan fingerprint density at radius 1 is 1.21 bits per heavy atom. The first-order valence-electron chi connectivity index (χ1n) is 8.35. The summed E-state index contributed by atoms with van der Waals surface area (Å²) in [6.45, 7) is 1.53. The van der Waals surface area contributed by atoms with Gasteiger partial charge in [-0.15, -0.1) is 0 Å². The molecule has 148 valence electrons. The van der Waals surface area contributed by atoms with E-state index in [-0.39, 0.29) is 28.4 Å². The highest BCUT2D eigenvalue weighted by atomic mass is 32.1. The summed E-state index contributed by atoms with van der Waals surface area (Å²) >= 11 is 1.01. The number of rotatable bonds is 6. The molecule has 0 bridgehead atoms. The molecule has 3 aromatic rings. The number of carbonyl (C=O) groups excluding carboxylic acids is 2. The summed E-state index contributed by atoms with van der Waals surface area (Å²) in [5, 5.41) is 15.1. The van der Waals surface area contributed by atoms with E-state index in [1.54, 1.807) is 12.3 Å². The number of non-ortho nitro benzene ring substituents is 1. The SMILES string of the molecule is Cc1csc(=O)n1CC(=O)Oc1ccc(NC(=O)c2cccc([N+](=O)[O-])c2)cc1. The first-order valence-corrected chi connectivity index (χ1v) is 9.23. The first kappa shape index (κ1) is 20.0. The molecule has 0 spiro atoms. The van der Waals surface area contributed by atoms with Gasteiger partial charge in [0.2, 0.25) is 0 Å². The fraction of sp³-hybridized carbons (Fsp3) is 0.105. The molecule has 29 heavy (non-hydrogen) atoms. The van der Waals surface area contributed by atoms with Crippen LogP contribution in [0.5, 0.6) is 5.75 Å². The first-order chi connectivity index (χ1) is 13.8. The maximum atomic E-state index is 12.2. The minimum Gasteiger partial charge on any atom is -0.425 e. The van der Waals surface area contributed by atoms with Crippen molar-refractivity contribution in [1.29, 1.82) is 0 Å². The largest absolute Gasteiger partial charge is 0.425 e. The predicted octanol–water partition coefficient (Wildman–Crippen LogP) is 2.98. The summed E-state index contributed by atoms with van der Waals surface area (Å²) in [5.41, 5.74) is 1.06. The van der Waals surface area contributed by atoms with E-state index in [9.17, 15) is 24.5 Å². The van der Waals surface area contributed by atoms with Crippen LogP contribution in [-0.4, -0.2) is 21.4 Å². The van der Waals surface area contributed by atoms with Gasteiger partial charge in [-0.1, -0.05) is 17.4 Å². The fourth-order valence-corrected chi connectivity index (χ4v) is 3.19. The molecule has 0 aliphatic heterocycles. The van der Waals surface area contributed by atoms with Crippen LogP contribution in [0.2, 0.25) is 0 Å². The lowest BCUT2D eigenvalue weighted by Gasteiger charge is -2.08. The van der Waals surface area contributed by atoms with Crippen molar-refractivity contribution in [2.45, 2.75) is 13.5 Å². The van der Waals surface area contributed by atoms with E-state index in [1.165, 1.54) is 53.1 Å². The van der Waals surface area contributed by atoms with Gasteiger partial charge in [0.25, 0.3) is 11.6 Å².